The lowest BCUT2D eigenvalue weighted by atomic mass is 10.2. The maximum absolute atomic E-state index is 5.73. The van der Waals surface area contributed by atoms with Gasteiger partial charge in [-0.15, -0.1) is 5.10 Å². The van der Waals surface area contributed by atoms with E-state index in [1.165, 1.54) is 11.4 Å². The van der Waals surface area contributed by atoms with Crippen molar-refractivity contribution in [3.8, 4) is 22.8 Å². The highest BCUT2D eigenvalue weighted by Crippen LogP contribution is 2.61. The van der Waals surface area contributed by atoms with E-state index in [9.17, 15) is 0 Å². The molecular formula is C19H22N3O2PS2. The fourth-order valence-corrected chi connectivity index (χ4v) is 6.67. The van der Waals surface area contributed by atoms with Gasteiger partial charge in [0, 0.05) is 11.1 Å². The average molecular weight is 420 g/mol. The van der Waals surface area contributed by atoms with E-state index in [0.29, 0.717) is 24.9 Å². The van der Waals surface area contributed by atoms with Crippen LogP contribution in [0, 0.1) is 0 Å². The summed E-state index contributed by atoms with van der Waals surface area (Å²) >= 11 is 7.11. The summed E-state index contributed by atoms with van der Waals surface area (Å²) in [5, 5.41) is 4.73. The van der Waals surface area contributed by atoms with Crippen LogP contribution in [0.1, 0.15) is 13.8 Å². The molecule has 0 spiro atoms. The van der Waals surface area contributed by atoms with Crippen molar-refractivity contribution in [2.75, 3.05) is 13.2 Å². The van der Waals surface area contributed by atoms with E-state index in [4.69, 9.17) is 30.9 Å². The van der Waals surface area contributed by atoms with Gasteiger partial charge in [0.2, 0.25) is 5.69 Å². The summed E-state index contributed by atoms with van der Waals surface area (Å²) in [6.07, 6.45) is 0. The lowest BCUT2D eigenvalue weighted by Gasteiger charge is -2.20. The molecule has 0 aliphatic carbocycles. The predicted molar refractivity (Wildman–Crippen MR) is 116 cm³/mol. The van der Waals surface area contributed by atoms with Gasteiger partial charge in [0.05, 0.1) is 19.1 Å². The largest absolute Gasteiger partial charge is 0.322 e. The number of hydrogen-bond donors (Lipinski definition) is 0. The number of hydrogen-bond acceptors (Lipinski definition) is 6. The third-order valence-electron chi connectivity index (χ3n) is 3.65. The number of nitrogens with zero attached hydrogens (tertiary/aromatic N) is 3. The summed E-state index contributed by atoms with van der Waals surface area (Å²) in [6.45, 7) is 4.92. The van der Waals surface area contributed by atoms with Crippen molar-refractivity contribution in [3.63, 3.8) is 0 Å². The summed E-state index contributed by atoms with van der Waals surface area (Å²) < 4.78 is 13.3. The van der Waals surface area contributed by atoms with E-state index in [2.05, 4.69) is 0 Å². The first kappa shape index (κ1) is 20.2. The van der Waals surface area contributed by atoms with Crippen molar-refractivity contribution < 1.29 is 9.05 Å². The first-order valence-electron chi connectivity index (χ1n) is 8.74. The van der Waals surface area contributed by atoms with Crippen LogP contribution in [0.3, 0.4) is 0 Å². The molecule has 8 heteroatoms. The summed E-state index contributed by atoms with van der Waals surface area (Å²) in [4.78, 5) is 4.78. The van der Waals surface area contributed by atoms with Gasteiger partial charge in [-0.25, -0.2) is 9.67 Å². The molecule has 5 nitrogen and oxygen atoms in total. The molecule has 0 amide bonds. The first-order chi connectivity index (χ1) is 13.1. The first-order valence-corrected chi connectivity index (χ1v) is 13.0. The highest BCUT2D eigenvalue weighted by Gasteiger charge is 2.21. The molecule has 3 rings (SSSR count). The summed E-state index contributed by atoms with van der Waals surface area (Å²) in [6, 6.07) is 20.0. The second-order valence-electron chi connectivity index (χ2n) is 5.53. The molecule has 0 bridgehead atoms. The molecule has 1 aromatic heterocycles. The molecule has 2 aromatic carbocycles. The fourth-order valence-electron chi connectivity index (χ4n) is 2.50. The highest BCUT2D eigenvalue weighted by atomic mass is 32.9. The quantitative estimate of drug-likeness (QED) is 0.421. The third kappa shape index (κ3) is 5.27. The molecule has 0 unspecified atom stereocenters. The molecule has 0 fully saturated rings. The van der Waals surface area contributed by atoms with Crippen LogP contribution >= 0.6 is 17.1 Å². The Balaban J connectivity index is 1.93. The number of aromatic nitrogens is 3. The minimum atomic E-state index is -2.40. The van der Waals surface area contributed by atoms with Crippen molar-refractivity contribution in [2.45, 2.75) is 19.7 Å². The molecule has 142 valence electrons. The Morgan fingerprint density at radius 1 is 0.926 bits per heavy atom. The number of benzene rings is 2. The molecule has 0 aliphatic rings. The summed E-state index contributed by atoms with van der Waals surface area (Å²) in [5.41, 5.74) is -0.410. The lowest BCUT2D eigenvalue weighted by molar-refractivity contribution is 0.280. The Hall–Kier alpha value is -1.50. The van der Waals surface area contributed by atoms with Gasteiger partial charge < -0.3 is 9.05 Å². The van der Waals surface area contributed by atoms with E-state index in [0.717, 1.165) is 17.0 Å². The summed E-state index contributed by atoms with van der Waals surface area (Å²) in [7, 11) is 0. The van der Waals surface area contributed by atoms with Crippen molar-refractivity contribution in [3.05, 3.63) is 60.7 Å². The van der Waals surface area contributed by atoms with E-state index in [1.807, 2.05) is 79.2 Å². The van der Waals surface area contributed by atoms with E-state index >= 15 is 0 Å². The molecule has 0 aliphatic heterocycles. The van der Waals surface area contributed by atoms with Crippen LogP contribution in [0.5, 0.6) is 0 Å². The van der Waals surface area contributed by atoms with Gasteiger partial charge in [-0.1, -0.05) is 60.7 Å². The van der Waals surface area contributed by atoms with Crippen LogP contribution in [0.25, 0.3) is 22.8 Å². The van der Waals surface area contributed by atoms with Crippen molar-refractivity contribution >= 4 is 28.9 Å². The topological polar surface area (TPSA) is 49.2 Å². The molecule has 0 atom stereocenters. The van der Waals surface area contributed by atoms with E-state index < -0.39 is 5.69 Å². The second kappa shape index (κ2) is 9.62. The average Bonchev–Trinajstić information content (AvgIpc) is 3.13. The standard InChI is InChI=1S/C19H22N3O2PS2/c1-3-23-25(26,24-4-2)27-15-22-19(17-13-9-6-10-14-17)20-18(21-22)16-11-7-5-8-12-16/h5-14H,3-4,15H2,1-2H3. The Bertz CT molecular complexity index is 894. The lowest BCUT2D eigenvalue weighted by Crippen LogP contribution is -2.02. The van der Waals surface area contributed by atoms with Crippen LogP contribution < -0.4 is 0 Å². The van der Waals surface area contributed by atoms with Crippen molar-refractivity contribution in [2.24, 2.45) is 0 Å². The molecule has 0 saturated heterocycles. The zero-order valence-corrected chi connectivity index (χ0v) is 17.8. The Morgan fingerprint density at radius 2 is 1.48 bits per heavy atom. The van der Waals surface area contributed by atoms with Crippen LogP contribution in [0.4, 0.5) is 0 Å². The van der Waals surface area contributed by atoms with Gasteiger partial charge in [0.1, 0.15) is 0 Å². The predicted octanol–water partition coefficient (Wildman–Crippen LogP) is 5.60. The maximum atomic E-state index is 5.73. The molecule has 27 heavy (non-hydrogen) atoms. The van der Waals surface area contributed by atoms with E-state index in [1.54, 1.807) is 0 Å². The van der Waals surface area contributed by atoms with Crippen molar-refractivity contribution in [1.82, 2.24) is 14.8 Å². The highest BCUT2D eigenvalue weighted by molar-refractivity contribution is 8.67. The molecule has 3 aromatic rings. The number of rotatable bonds is 9. The maximum Gasteiger partial charge on any atom is 0.249 e. The van der Waals surface area contributed by atoms with Gasteiger partial charge in [-0.3, -0.25) is 0 Å². The van der Waals surface area contributed by atoms with Gasteiger partial charge in [-0.2, -0.15) is 0 Å². The zero-order chi connectivity index (χ0) is 19.1. The monoisotopic (exact) mass is 419 g/mol. The molecular weight excluding hydrogens is 397 g/mol. The van der Waals surface area contributed by atoms with Gasteiger partial charge in [0.15, 0.2) is 11.6 Å². The van der Waals surface area contributed by atoms with Crippen LogP contribution in [0.2, 0.25) is 0 Å². The Labute approximate surface area is 169 Å². The Kier molecular flexibility index (Phi) is 7.21. The van der Waals surface area contributed by atoms with Crippen LogP contribution in [-0.2, 0) is 26.7 Å². The van der Waals surface area contributed by atoms with Crippen LogP contribution in [0.15, 0.2) is 60.7 Å². The smallest absolute Gasteiger partial charge is 0.249 e. The van der Waals surface area contributed by atoms with Gasteiger partial charge in [0.25, 0.3) is 0 Å². The Morgan fingerprint density at radius 3 is 2.04 bits per heavy atom. The molecule has 0 saturated carbocycles. The molecule has 0 radical (unpaired) electrons. The van der Waals surface area contributed by atoms with Gasteiger partial charge >= 0.3 is 0 Å². The minimum Gasteiger partial charge on any atom is -0.322 e. The van der Waals surface area contributed by atoms with E-state index in [-0.39, 0.29) is 0 Å². The SMILES string of the molecule is CCOP(=S)(OCC)SCn1nc(-c2ccccc2)nc1-c1ccccc1. The second-order valence-corrected chi connectivity index (χ2v) is 11.8. The van der Waals surface area contributed by atoms with Gasteiger partial charge in [-0.05, 0) is 37.0 Å². The summed E-state index contributed by atoms with van der Waals surface area (Å²) in [5.74, 6) is 2.01. The minimum absolute atomic E-state index is 0.515. The molecule has 1 heterocycles. The van der Waals surface area contributed by atoms with Crippen LogP contribution in [-0.4, -0.2) is 28.0 Å². The normalized spacial score (nSPS) is 11.6. The molecule has 0 N–H and O–H groups in total. The van der Waals surface area contributed by atoms with Crippen molar-refractivity contribution in [1.29, 1.82) is 0 Å². The third-order valence-corrected chi connectivity index (χ3v) is 8.98. The fraction of sp³-hybridized carbons (Fsp3) is 0.263. The zero-order valence-electron chi connectivity index (χ0n) is 15.3.